The molecule has 9 heteroatoms. The maximum absolute atomic E-state index is 13.0. The molecule has 0 atom stereocenters. The summed E-state index contributed by atoms with van der Waals surface area (Å²) in [6, 6.07) is 3.49. The van der Waals surface area contributed by atoms with Crippen LogP contribution < -0.4 is 10.6 Å². The summed E-state index contributed by atoms with van der Waals surface area (Å²) < 4.78 is 39.0. The Kier molecular flexibility index (Phi) is 4.31. The van der Waals surface area contributed by atoms with E-state index in [9.17, 15) is 18.0 Å². The molecule has 1 saturated carbocycles. The molecule has 1 aromatic carbocycles. The Hall–Kier alpha value is -2.35. The van der Waals surface area contributed by atoms with E-state index in [2.05, 4.69) is 20.6 Å². The molecule has 1 aromatic heterocycles. The van der Waals surface area contributed by atoms with Gasteiger partial charge < -0.3 is 10.6 Å². The second kappa shape index (κ2) is 6.27. The van der Waals surface area contributed by atoms with Crippen molar-refractivity contribution in [1.82, 2.24) is 9.97 Å². The third-order valence-electron chi connectivity index (χ3n) is 3.35. The summed E-state index contributed by atoms with van der Waals surface area (Å²) in [6.45, 7) is 0. The molecule has 1 aliphatic carbocycles. The number of benzene rings is 1. The van der Waals surface area contributed by atoms with E-state index in [0.717, 1.165) is 25.0 Å². The van der Waals surface area contributed by atoms with Crippen LogP contribution >= 0.6 is 11.6 Å². The number of rotatable bonds is 4. The number of aromatic nitrogens is 2. The first-order valence-electron chi connectivity index (χ1n) is 7.09. The predicted molar refractivity (Wildman–Crippen MR) is 83.1 cm³/mol. The molecular formula is C15H12ClF3N4O. The van der Waals surface area contributed by atoms with Crippen LogP contribution in [0.2, 0.25) is 5.02 Å². The number of hydrogen-bond acceptors (Lipinski definition) is 4. The van der Waals surface area contributed by atoms with Gasteiger partial charge in [-0.15, -0.1) is 0 Å². The van der Waals surface area contributed by atoms with Crippen molar-refractivity contribution in [2.45, 2.75) is 25.1 Å². The first kappa shape index (κ1) is 16.5. The zero-order valence-corrected chi connectivity index (χ0v) is 12.9. The number of nitrogens with one attached hydrogen (secondary N) is 2. The van der Waals surface area contributed by atoms with Crippen LogP contribution in [0.3, 0.4) is 0 Å². The standard InChI is InChI=1S/C15H12ClF3N4O/c16-8-1-4-11(10(5-8)15(17,18)19)23-14(24)12-6-21-13(7-20-12)22-9-2-3-9/h1,4-7,9H,2-3H2,(H,21,22)(H,23,24). The Morgan fingerprint density at radius 3 is 2.54 bits per heavy atom. The Labute approximate surface area is 140 Å². The predicted octanol–water partition coefficient (Wildman–Crippen LogP) is 3.98. The van der Waals surface area contributed by atoms with Gasteiger partial charge in [-0.1, -0.05) is 11.6 Å². The van der Waals surface area contributed by atoms with E-state index in [-0.39, 0.29) is 16.4 Å². The number of halogens is 4. The second-order valence-electron chi connectivity index (χ2n) is 5.35. The molecule has 0 unspecified atom stereocenters. The lowest BCUT2D eigenvalue weighted by Crippen LogP contribution is -2.18. The average molecular weight is 357 g/mol. The van der Waals surface area contributed by atoms with E-state index in [1.807, 2.05) is 0 Å². The van der Waals surface area contributed by atoms with Gasteiger partial charge in [0, 0.05) is 11.1 Å². The van der Waals surface area contributed by atoms with Gasteiger partial charge in [-0.05, 0) is 31.0 Å². The largest absolute Gasteiger partial charge is 0.418 e. The van der Waals surface area contributed by atoms with Gasteiger partial charge in [0.2, 0.25) is 0 Å². The van der Waals surface area contributed by atoms with E-state index < -0.39 is 17.6 Å². The molecule has 0 aliphatic heterocycles. The molecule has 0 radical (unpaired) electrons. The van der Waals surface area contributed by atoms with E-state index in [4.69, 9.17) is 11.6 Å². The van der Waals surface area contributed by atoms with Gasteiger partial charge in [-0.3, -0.25) is 4.79 Å². The fourth-order valence-corrected chi connectivity index (χ4v) is 2.18. The molecule has 1 fully saturated rings. The topological polar surface area (TPSA) is 66.9 Å². The Morgan fingerprint density at radius 2 is 1.96 bits per heavy atom. The highest BCUT2D eigenvalue weighted by Gasteiger charge is 2.34. The Bertz CT molecular complexity index is 760. The van der Waals surface area contributed by atoms with Crippen molar-refractivity contribution in [3.8, 4) is 0 Å². The summed E-state index contributed by atoms with van der Waals surface area (Å²) in [5, 5.41) is 5.22. The molecule has 0 spiro atoms. The number of hydrogen-bond donors (Lipinski definition) is 2. The summed E-state index contributed by atoms with van der Waals surface area (Å²) in [5.74, 6) is -0.259. The Balaban J connectivity index is 1.77. The van der Waals surface area contributed by atoms with E-state index in [1.165, 1.54) is 18.5 Å². The molecule has 0 saturated heterocycles. The lowest BCUT2D eigenvalue weighted by Gasteiger charge is -2.14. The van der Waals surface area contributed by atoms with Crippen LogP contribution in [-0.4, -0.2) is 21.9 Å². The van der Waals surface area contributed by atoms with E-state index in [0.29, 0.717) is 11.9 Å². The highest BCUT2D eigenvalue weighted by Crippen LogP contribution is 2.36. The minimum Gasteiger partial charge on any atom is -0.366 e. The van der Waals surface area contributed by atoms with Gasteiger partial charge >= 0.3 is 6.18 Å². The van der Waals surface area contributed by atoms with Crippen LogP contribution in [-0.2, 0) is 6.18 Å². The van der Waals surface area contributed by atoms with Crippen LogP contribution in [0.5, 0.6) is 0 Å². The molecule has 1 heterocycles. The highest BCUT2D eigenvalue weighted by molar-refractivity contribution is 6.30. The van der Waals surface area contributed by atoms with Crippen LogP contribution in [0.4, 0.5) is 24.7 Å². The molecule has 3 rings (SSSR count). The quantitative estimate of drug-likeness (QED) is 0.869. The molecule has 1 aliphatic rings. The number of carbonyl (C=O) groups excluding carboxylic acids is 1. The number of alkyl halides is 3. The normalized spacial score (nSPS) is 14.3. The molecule has 126 valence electrons. The first-order chi connectivity index (χ1) is 11.3. The van der Waals surface area contributed by atoms with Gasteiger partial charge in [0.15, 0.2) is 0 Å². The smallest absolute Gasteiger partial charge is 0.366 e. The van der Waals surface area contributed by atoms with Crippen molar-refractivity contribution in [3.05, 3.63) is 46.9 Å². The summed E-state index contributed by atoms with van der Waals surface area (Å²) in [7, 11) is 0. The minimum atomic E-state index is -4.64. The third-order valence-corrected chi connectivity index (χ3v) is 3.58. The monoisotopic (exact) mass is 356 g/mol. The SMILES string of the molecule is O=C(Nc1ccc(Cl)cc1C(F)(F)F)c1cnc(NC2CC2)cn1. The fourth-order valence-electron chi connectivity index (χ4n) is 2.00. The molecule has 2 aromatic rings. The summed E-state index contributed by atoms with van der Waals surface area (Å²) >= 11 is 5.60. The zero-order chi connectivity index (χ0) is 17.3. The summed E-state index contributed by atoms with van der Waals surface area (Å²) in [4.78, 5) is 20.0. The lowest BCUT2D eigenvalue weighted by molar-refractivity contribution is -0.136. The molecule has 1 amide bonds. The Morgan fingerprint density at radius 1 is 1.21 bits per heavy atom. The second-order valence-corrected chi connectivity index (χ2v) is 5.78. The van der Waals surface area contributed by atoms with Gasteiger partial charge in [-0.2, -0.15) is 13.2 Å². The zero-order valence-electron chi connectivity index (χ0n) is 12.2. The first-order valence-corrected chi connectivity index (χ1v) is 7.47. The van der Waals surface area contributed by atoms with Crippen molar-refractivity contribution < 1.29 is 18.0 Å². The molecule has 2 N–H and O–H groups in total. The van der Waals surface area contributed by atoms with Crippen molar-refractivity contribution in [1.29, 1.82) is 0 Å². The van der Waals surface area contributed by atoms with Gasteiger partial charge in [-0.25, -0.2) is 9.97 Å². The van der Waals surface area contributed by atoms with Crippen LogP contribution in [0, 0.1) is 0 Å². The minimum absolute atomic E-state index is 0.0735. The van der Waals surface area contributed by atoms with Crippen molar-refractivity contribution in [3.63, 3.8) is 0 Å². The van der Waals surface area contributed by atoms with Gasteiger partial charge in [0.05, 0.1) is 23.6 Å². The van der Waals surface area contributed by atoms with Crippen molar-refractivity contribution >= 4 is 29.0 Å². The van der Waals surface area contributed by atoms with Gasteiger partial charge in [0.25, 0.3) is 5.91 Å². The van der Waals surface area contributed by atoms with E-state index in [1.54, 1.807) is 0 Å². The lowest BCUT2D eigenvalue weighted by atomic mass is 10.1. The summed E-state index contributed by atoms with van der Waals surface area (Å²) in [6.07, 6.45) is 0.0572. The van der Waals surface area contributed by atoms with Crippen LogP contribution in [0.25, 0.3) is 0 Å². The molecule has 5 nitrogen and oxygen atoms in total. The highest BCUT2D eigenvalue weighted by atomic mass is 35.5. The maximum Gasteiger partial charge on any atom is 0.418 e. The maximum atomic E-state index is 13.0. The average Bonchev–Trinajstić information content (AvgIpc) is 3.32. The van der Waals surface area contributed by atoms with Crippen LogP contribution in [0.1, 0.15) is 28.9 Å². The van der Waals surface area contributed by atoms with Crippen molar-refractivity contribution in [2.24, 2.45) is 0 Å². The third kappa shape index (κ3) is 3.94. The van der Waals surface area contributed by atoms with Crippen LogP contribution in [0.15, 0.2) is 30.6 Å². The fraction of sp³-hybridized carbons (Fsp3) is 0.267. The summed E-state index contributed by atoms with van der Waals surface area (Å²) in [5.41, 5.74) is -1.50. The number of carbonyl (C=O) groups is 1. The number of amides is 1. The molecule has 0 bridgehead atoms. The van der Waals surface area contributed by atoms with E-state index >= 15 is 0 Å². The molecule has 24 heavy (non-hydrogen) atoms. The van der Waals surface area contributed by atoms with Crippen molar-refractivity contribution in [2.75, 3.05) is 10.6 Å². The molecular weight excluding hydrogens is 345 g/mol. The number of anilines is 2. The van der Waals surface area contributed by atoms with Gasteiger partial charge in [0.1, 0.15) is 11.5 Å². The number of nitrogens with zero attached hydrogens (tertiary/aromatic N) is 2.